The van der Waals surface area contributed by atoms with Gasteiger partial charge in [0.05, 0.1) is 33.5 Å². The molecule has 0 unspecified atom stereocenters. The second-order valence-electron chi connectivity index (χ2n) is 6.39. The van der Waals surface area contributed by atoms with Crippen LogP contribution >= 0.6 is 15.2 Å². The van der Waals surface area contributed by atoms with Crippen molar-refractivity contribution in [1.82, 2.24) is 5.43 Å². The molecule has 1 aliphatic rings. The Morgan fingerprint density at radius 1 is 0.935 bits per heavy atom. The van der Waals surface area contributed by atoms with E-state index in [-0.39, 0.29) is 38.6 Å². The van der Waals surface area contributed by atoms with E-state index in [0.717, 1.165) is 0 Å². The van der Waals surface area contributed by atoms with Gasteiger partial charge in [-0.2, -0.15) is 5.10 Å². The second-order valence-corrected chi connectivity index (χ2v) is 11.3. The molecule has 1 aromatic carbocycles. The van der Waals surface area contributed by atoms with E-state index in [0.29, 0.717) is 11.3 Å². The quantitative estimate of drug-likeness (QED) is 0.326. The van der Waals surface area contributed by atoms with E-state index in [1.165, 1.54) is 7.11 Å². The number of rotatable bonds is 13. The van der Waals surface area contributed by atoms with Crippen molar-refractivity contribution in [2.24, 2.45) is 5.10 Å². The fraction of sp³-hybridized carbons (Fsp3) is 0.579. The van der Waals surface area contributed by atoms with Crippen molar-refractivity contribution in [2.75, 3.05) is 33.5 Å². The molecule has 0 aromatic heterocycles. The number of carbonyl (C=O) groups is 1. The summed E-state index contributed by atoms with van der Waals surface area (Å²) in [6.45, 7) is 6.58. The SMILES string of the molecule is CCOP(=O)(OCC)C1(P(=O)(OCC)OCC)CC(C(=O)c2ccc(OC)cc2)=NN1. The van der Waals surface area contributed by atoms with Crippen molar-refractivity contribution < 1.29 is 36.8 Å². The zero-order valence-electron chi connectivity index (χ0n) is 18.5. The summed E-state index contributed by atoms with van der Waals surface area (Å²) in [6.07, 6.45) is -0.327. The largest absolute Gasteiger partial charge is 0.497 e. The van der Waals surface area contributed by atoms with Crippen molar-refractivity contribution in [2.45, 2.75) is 39.1 Å². The number of hydrogen-bond donors (Lipinski definition) is 1. The van der Waals surface area contributed by atoms with Gasteiger partial charge in [0.1, 0.15) is 11.5 Å². The number of hydrogen-bond acceptors (Lipinski definition) is 10. The Hall–Kier alpha value is -1.54. The first-order valence-corrected chi connectivity index (χ1v) is 13.2. The first-order valence-electron chi connectivity index (χ1n) is 10.1. The number of carbonyl (C=O) groups excluding carboxylic acids is 1. The van der Waals surface area contributed by atoms with E-state index >= 15 is 0 Å². The Bertz CT molecular complexity index is 837. The lowest BCUT2D eigenvalue weighted by Crippen LogP contribution is -2.42. The molecule has 1 aromatic rings. The number of benzene rings is 1. The molecule has 0 amide bonds. The van der Waals surface area contributed by atoms with Gasteiger partial charge >= 0.3 is 15.2 Å². The van der Waals surface area contributed by atoms with Crippen molar-refractivity contribution in [1.29, 1.82) is 0 Å². The molecule has 0 fully saturated rings. The van der Waals surface area contributed by atoms with E-state index in [4.69, 9.17) is 22.8 Å². The Morgan fingerprint density at radius 2 is 1.39 bits per heavy atom. The number of ketones is 1. The molecule has 31 heavy (non-hydrogen) atoms. The molecule has 0 saturated heterocycles. The van der Waals surface area contributed by atoms with Crippen LogP contribution in [0.2, 0.25) is 0 Å². The zero-order valence-corrected chi connectivity index (χ0v) is 20.2. The third-order valence-corrected chi connectivity index (χ3v) is 10.7. The summed E-state index contributed by atoms with van der Waals surface area (Å²) in [5.41, 5.74) is 2.97. The standard InChI is InChI=1S/C19H30N2O8P2/c1-6-26-30(23,27-7-2)19(31(24,28-8-3)29-9-4)14-17(20-21-19)18(22)15-10-12-16(25-5)13-11-15/h10-13,21H,6-9,14H2,1-5H3. The topological polar surface area (TPSA) is 122 Å². The van der Waals surface area contributed by atoms with Gasteiger partial charge in [-0.3, -0.25) is 19.4 Å². The van der Waals surface area contributed by atoms with Crippen molar-refractivity contribution >= 4 is 26.7 Å². The smallest absolute Gasteiger partial charge is 0.370 e. The van der Waals surface area contributed by atoms with Crippen LogP contribution in [-0.4, -0.2) is 50.1 Å². The minimum atomic E-state index is -4.17. The number of methoxy groups -OCH3 is 1. The van der Waals surface area contributed by atoms with E-state index in [2.05, 4.69) is 10.5 Å². The van der Waals surface area contributed by atoms with Gasteiger partial charge in [0, 0.05) is 12.0 Å². The number of Topliss-reactive ketones (excluding diaryl/α,β-unsaturated/α-hetero) is 1. The molecule has 0 spiro atoms. The van der Waals surface area contributed by atoms with E-state index < -0.39 is 26.0 Å². The van der Waals surface area contributed by atoms with Crippen molar-refractivity contribution in [3.05, 3.63) is 29.8 Å². The summed E-state index contributed by atoms with van der Waals surface area (Å²) in [4.78, 5) is 13.1. The summed E-state index contributed by atoms with van der Waals surface area (Å²) in [5.74, 6) is 0.155. The molecule has 174 valence electrons. The zero-order chi connectivity index (χ0) is 23.1. The monoisotopic (exact) mass is 476 g/mol. The molecule has 12 heteroatoms. The van der Waals surface area contributed by atoms with Crippen LogP contribution in [-0.2, 0) is 27.2 Å². The number of nitrogens with one attached hydrogen (secondary N) is 1. The number of nitrogens with zero attached hydrogens (tertiary/aromatic N) is 1. The lowest BCUT2D eigenvalue weighted by Gasteiger charge is -2.38. The summed E-state index contributed by atoms with van der Waals surface area (Å²) >= 11 is 0. The van der Waals surface area contributed by atoms with E-state index in [1.807, 2.05) is 0 Å². The molecule has 10 nitrogen and oxygen atoms in total. The Labute approximate surface area is 182 Å². The molecule has 1 aliphatic heterocycles. The number of hydrazone groups is 1. The highest BCUT2D eigenvalue weighted by Crippen LogP contribution is 2.78. The lowest BCUT2D eigenvalue weighted by molar-refractivity contribution is 0.106. The molecular weight excluding hydrogens is 446 g/mol. The summed E-state index contributed by atoms with van der Waals surface area (Å²) in [5, 5.41) is 2.10. The highest BCUT2D eigenvalue weighted by Gasteiger charge is 2.68. The van der Waals surface area contributed by atoms with Gasteiger partial charge in [0.15, 0.2) is 0 Å². The van der Waals surface area contributed by atoms with Gasteiger partial charge in [-0.1, -0.05) is 0 Å². The van der Waals surface area contributed by atoms with E-state index in [9.17, 15) is 13.9 Å². The Kier molecular flexibility index (Phi) is 9.01. The van der Waals surface area contributed by atoms with Crippen LogP contribution in [0.4, 0.5) is 0 Å². The van der Waals surface area contributed by atoms with Crippen LogP contribution in [0.5, 0.6) is 5.75 Å². The van der Waals surface area contributed by atoms with Crippen LogP contribution in [0.15, 0.2) is 29.4 Å². The highest BCUT2D eigenvalue weighted by atomic mass is 31.2. The third kappa shape index (κ3) is 4.95. The van der Waals surface area contributed by atoms with Crippen molar-refractivity contribution in [3.8, 4) is 5.75 Å². The van der Waals surface area contributed by atoms with Crippen LogP contribution in [0.1, 0.15) is 44.5 Å². The molecule has 0 bridgehead atoms. The first-order chi connectivity index (χ1) is 14.8. The summed E-state index contributed by atoms with van der Waals surface area (Å²) < 4.78 is 54.9. The van der Waals surface area contributed by atoms with Gasteiger partial charge in [0.2, 0.25) is 5.78 Å². The van der Waals surface area contributed by atoms with Crippen LogP contribution in [0.25, 0.3) is 0 Å². The maximum atomic E-state index is 13.9. The van der Waals surface area contributed by atoms with Crippen LogP contribution in [0.3, 0.4) is 0 Å². The summed E-state index contributed by atoms with van der Waals surface area (Å²) in [6, 6.07) is 6.44. The van der Waals surface area contributed by atoms with Gasteiger partial charge in [-0.15, -0.1) is 0 Å². The predicted molar refractivity (Wildman–Crippen MR) is 117 cm³/mol. The predicted octanol–water partition coefficient (Wildman–Crippen LogP) is 4.41. The van der Waals surface area contributed by atoms with Gasteiger partial charge in [-0.05, 0) is 52.0 Å². The number of ether oxygens (including phenoxy) is 1. The molecule has 0 saturated carbocycles. The molecule has 0 aliphatic carbocycles. The Balaban J connectivity index is 2.51. The van der Waals surface area contributed by atoms with Crippen LogP contribution in [0, 0.1) is 0 Å². The first kappa shape index (κ1) is 25.7. The molecular formula is C19H30N2O8P2. The second kappa shape index (κ2) is 10.9. The molecule has 1 N–H and O–H groups in total. The van der Waals surface area contributed by atoms with Crippen LogP contribution < -0.4 is 10.2 Å². The summed E-state index contributed by atoms with van der Waals surface area (Å²) in [7, 11) is -6.82. The normalized spacial score (nSPS) is 16.0. The van der Waals surface area contributed by atoms with Crippen molar-refractivity contribution in [3.63, 3.8) is 0 Å². The Morgan fingerprint density at radius 3 is 1.77 bits per heavy atom. The fourth-order valence-corrected chi connectivity index (χ4v) is 8.44. The minimum Gasteiger partial charge on any atom is -0.497 e. The lowest BCUT2D eigenvalue weighted by atomic mass is 10.1. The van der Waals surface area contributed by atoms with Gasteiger partial charge < -0.3 is 22.8 Å². The maximum absolute atomic E-state index is 13.9. The molecule has 2 rings (SSSR count). The fourth-order valence-electron chi connectivity index (χ4n) is 3.16. The van der Waals surface area contributed by atoms with Gasteiger partial charge in [-0.25, -0.2) is 0 Å². The van der Waals surface area contributed by atoms with Gasteiger partial charge in [0.25, 0.3) is 5.02 Å². The maximum Gasteiger partial charge on any atom is 0.370 e. The third-order valence-electron chi connectivity index (χ3n) is 4.50. The average molecular weight is 476 g/mol. The van der Waals surface area contributed by atoms with E-state index in [1.54, 1.807) is 52.0 Å². The molecule has 0 atom stereocenters. The highest BCUT2D eigenvalue weighted by molar-refractivity contribution is 7.74. The molecule has 1 heterocycles. The molecule has 0 radical (unpaired) electrons. The minimum absolute atomic E-state index is 0.00410. The average Bonchev–Trinajstić information content (AvgIpc) is 3.22.